The fourth-order valence-electron chi connectivity index (χ4n) is 2.49. The van der Waals surface area contributed by atoms with Gasteiger partial charge in [0.05, 0.1) is 6.10 Å². The van der Waals surface area contributed by atoms with Gasteiger partial charge in [-0.05, 0) is 39.8 Å². The number of rotatable bonds is 7. The highest BCUT2D eigenvalue weighted by atomic mass is 16.5. The first-order chi connectivity index (χ1) is 8.48. The van der Waals surface area contributed by atoms with Gasteiger partial charge in [0.2, 0.25) is 0 Å². The molecule has 0 radical (unpaired) electrons. The van der Waals surface area contributed by atoms with Gasteiger partial charge in [-0.15, -0.1) is 0 Å². The summed E-state index contributed by atoms with van der Waals surface area (Å²) in [6.45, 7) is 6.42. The monoisotopic (exact) mass is 258 g/mol. The van der Waals surface area contributed by atoms with E-state index in [-0.39, 0.29) is 6.10 Å². The average Bonchev–Trinajstić information content (AvgIpc) is 2.30. The molecule has 2 atom stereocenters. The molecule has 0 spiro atoms. The summed E-state index contributed by atoms with van der Waals surface area (Å²) in [6.07, 6.45) is 3.69. The lowest BCUT2D eigenvalue weighted by Crippen LogP contribution is -2.57. The average molecular weight is 258 g/mol. The molecule has 2 unspecified atom stereocenters. The zero-order valence-corrected chi connectivity index (χ0v) is 11.7. The molecule has 1 rings (SSSR count). The second-order valence-corrected chi connectivity index (χ2v) is 5.35. The van der Waals surface area contributed by atoms with E-state index >= 15 is 0 Å². The van der Waals surface area contributed by atoms with Crippen LogP contribution in [-0.2, 0) is 9.53 Å². The van der Waals surface area contributed by atoms with Crippen molar-refractivity contribution < 1.29 is 14.6 Å². The van der Waals surface area contributed by atoms with Crippen LogP contribution in [0.15, 0.2) is 0 Å². The number of carboxylic acid groups (broad SMARTS) is 1. The summed E-state index contributed by atoms with van der Waals surface area (Å²) in [5.41, 5.74) is -0.891. The molecular formula is C13H26N2O3. The summed E-state index contributed by atoms with van der Waals surface area (Å²) in [5, 5.41) is 12.3. The van der Waals surface area contributed by atoms with Gasteiger partial charge in [0.15, 0.2) is 0 Å². The minimum Gasteiger partial charge on any atom is -0.480 e. The molecule has 1 aliphatic heterocycles. The number of nitrogens with zero attached hydrogens (tertiary/aromatic N) is 1. The lowest BCUT2D eigenvalue weighted by molar-refractivity contribution is -0.145. The van der Waals surface area contributed by atoms with Crippen molar-refractivity contribution in [2.75, 3.05) is 33.3 Å². The molecule has 0 aliphatic carbocycles. The van der Waals surface area contributed by atoms with Crippen molar-refractivity contribution in [3.05, 3.63) is 0 Å². The van der Waals surface area contributed by atoms with Crippen LogP contribution in [-0.4, -0.2) is 60.9 Å². The third-order valence-corrected chi connectivity index (χ3v) is 3.41. The maximum Gasteiger partial charge on any atom is 0.324 e. The molecule has 0 aromatic carbocycles. The molecule has 5 heteroatoms. The summed E-state index contributed by atoms with van der Waals surface area (Å²) in [4.78, 5) is 13.4. The van der Waals surface area contributed by atoms with Crippen LogP contribution < -0.4 is 5.32 Å². The van der Waals surface area contributed by atoms with Crippen LogP contribution in [0.1, 0.15) is 33.1 Å². The lowest BCUT2D eigenvalue weighted by Gasteiger charge is -2.33. The fraction of sp³-hybridized carbons (Fsp3) is 0.923. The first kappa shape index (κ1) is 15.4. The van der Waals surface area contributed by atoms with E-state index in [9.17, 15) is 9.90 Å². The smallest absolute Gasteiger partial charge is 0.324 e. The summed E-state index contributed by atoms with van der Waals surface area (Å²) in [6, 6.07) is 0. The van der Waals surface area contributed by atoms with Crippen LogP contribution >= 0.6 is 0 Å². The number of carbonyl (C=O) groups is 1. The molecule has 18 heavy (non-hydrogen) atoms. The molecule has 0 saturated carbocycles. The largest absolute Gasteiger partial charge is 0.480 e. The van der Waals surface area contributed by atoms with Crippen LogP contribution in [0.3, 0.4) is 0 Å². The minimum absolute atomic E-state index is 0.253. The van der Waals surface area contributed by atoms with Crippen molar-refractivity contribution in [1.82, 2.24) is 10.2 Å². The normalized spacial score (nSPS) is 23.9. The predicted molar refractivity (Wildman–Crippen MR) is 70.8 cm³/mol. The quantitative estimate of drug-likeness (QED) is 0.711. The number of hydrogen-bond donors (Lipinski definition) is 2. The Balaban J connectivity index is 2.45. The van der Waals surface area contributed by atoms with Crippen molar-refractivity contribution in [1.29, 1.82) is 0 Å². The molecule has 106 valence electrons. The molecule has 2 N–H and O–H groups in total. The molecular weight excluding hydrogens is 232 g/mol. The third-order valence-electron chi connectivity index (χ3n) is 3.41. The molecule has 1 fully saturated rings. The standard InChI is InChI=1S/C13H26N2O3/c1-4-14-13(2,12(16)17)10-15(3)9-11-7-5-6-8-18-11/h11,14H,4-10H2,1-3H3,(H,16,17). The number of ether oxygens (including phenoxy) is 1. The van der Waals surface area contributed by atoms with Crippen LogP contribution in [0.25, 0.3) is 0 Å². The van der Waals surface area contributed by atoms with Crippen LogP contribution in [0.2, 0.25) is 0 Å². The maximum absolute atomic E-state index is 11.3. The van der Waals surface area contributed by atoms with Crippen LogP contribution in [0.4, 0.5) is 0 Å². The Morgan fingerprint density at radius 2 is 2.28 bits per heavy atom. The number of carboxylic acids is 1. The van der Waals surface area contributed by atoms with Gasteiger partial charge in [0.25, 0.3) is 0 Å². The molecule has 0 aromatic rings. The summed E-state index contributed by atoms with van der Waals surface area (Å²) in [7, 11) is 1.95. The van der Waals surface area contributed by atoms with Gasteiger partial charge >= 0.3 is 5.97 Å². The molecule has 0 aromatic heterocycles. The van der Waals surface area contributed by atoms with E-state index in [1.54, 1.807) is 6.92 Å². The second kappa shape index (κ2) is 7.07. The second-order valence-electron chi connectivity index (χ2n) is 5.35. The van der Waals surface area contributed by atoms with Gasteiger partial charge in [-0.1, -0.05) is 6.92 Å². The van der Waals surface area contributed by atoms with E-state index in [0.29, 0.717) is 13.1 Å². The molecule has 1 aliphatic rings. The van der Waals surface area contributed by atoms with Gasteiger partial charge < -0.3 is 20.1 Å². The number of aliphatic carboxylic acids is 1. The Morgan fingerprint density at radius 3 is 2.78 bits per heavy atom. The highest BCUT2D eigenvalue weighted by molar-refractivity contribution is 5.78. The van der Waals surface area contributed by atoms with Gasteiger partial charge in [-0.3, -0.25) is 4.79 Å². The number of hydrogen-bond acceptors (Lipinski definition) is 4. The Kier molecular flexibility index (Phi) is 6.05. The summed E-state index contributed by atoms with van der Waals surface area (Å²) in [5.74, 6) is -0.805. The van der Waals surface area contributed by atoms with Crippen molar-refractivity contribution in [3.63, 3.8) is 0 Å². The SMILES string of the molecule is CCNC(C)(CN(C)CC1CCCCO1)C(=O)O. The molecule has 0 bridgehead atoms. The van der Waals surface area contributed by atoms with E-state index in [4.69, 9.17) is 4.74 Å². The number of likely N-dealkylation sites (N-methyl/N-ethyl adjacent to an activating group) is 2. The number of nitrogens with one attached hydrogen (secondary N) is 1. The highest BCUT2D eigenvalue weighted by Crippen LogP contribution is 2.14. The van der Waals surface area contributed by atoms with Gasteiger partial charge in [0, 0.05) is 19.7 Å². The van der Waals surface area contributed by atoms with Crippen molar-refractivity contribution in [3.8, 4) is 0 Å². The lowest BCUT2D eigenvalue weighted by atomic mass is 10.0. The Morgan fingerprint density at radius 1 is 1.56 bits per heavy atom. The Hall–Kier alpha value is -0.650. The Bertz CT molecular complexity index is 267. The molecule has 1 heterocycles. The van der Waals surface area contributed by atoms with E-state index in [1.165, 1.54) is 6.42 Å². The van der Waals surface area contributed by atoms with Crippen molar-refractivity contribution >= 4 is 5.97 Å². The van der Waals surface area contributed by atoms with Gasteiger partial charge in [-0.25, -0.2) is 0 Å². The highest BCUT2D eigenvalue weighted by Gasteiger charge is 2.33. The summed E-state index contributed by atoms with van der Waals surface area (Å²) >= 11 is 0. The Labute approximate surface area is 109 Å². The molecule has 0 amide bonds. The maximum atomic E-state index is 11.3. The van der Waals surface area contributed by atoms with Crippen LogP contribution in [0, 0.1) is 0 Å². The van der Waals surface area contributed by atoms with Gasteiger partial charge in [0.1, 0.15) is 5.54 Å². The van der Waals surface area contributed by atoms with Gasteiger partial charge in [-0.2, -0.15) is 0 Å². The first-order valence-electron chi connectivity index (χ1n) is 6.76. The molecule has 5 nitrogen and oxygen atoms in total. The fourth-order valence-corrected chi connectivity index (χ4v) is 2.49. The summed E-state index contributed by atoms with van der Waals surface area (Å²) < 4.78 is 5.67. The van der Waals surface area contributed by atoms with E-state index in [1.807, 2.05) is 18.9 Å². The topological polar surface area (TPSA) is 61.8 Å². The minimum atomic E-state index is -0.891. The zero-order chi connectivity index (χ0) is 13.6. The van der Waals surface area contributed by atoms with Crippen molar-refractivity contribution in [2.45, 2.75) is 44.8 Å². The van der Waals surface area contributed by atoms with E-state index in [2.05, 4.69) is 5.32 Å². The van der Waals surface area contributed by atoms with Crippen LogP contribution in [0.5, 0.6) is 0 Å². The predicted octanol–water partition coefficient (Wildman–Crippen LogP) is 0.940. The zero-order valence-electron chi connectivity index (χ0n) is 11.7. The van der Waals surface area contributed by atoms with Crippen molar-refractivity contribution in [2.24, 2.45) is 0 Å². The van der Waals surface area contributed by atoms with E-state index in [0.717, 1.165) is 26.0 Å². The third kappa shape index (κ3) is 4.55. The first-order valence-corrected chi connectivity index (χ1v) is 6.76. The molecule has 1 saturated heterocycles. The van der Waals surface area contributed by atoms with E-state index < -0.39 is 11.5 Å².